The van der Waals surface area contributed by atoms with Gasteiger partial charge in [0.05, 0.1) is 10.6 Å². The van der Waals surface area contributed by atoms with Crippen molar-refractivity contribution >= 4 is 35.1 Å². The van der Waals surface area contributed by atoms with Crippen LogP contribution in [0.2, 0.25) is 0 Å². The van der Waals surface area contributed by atoms with Gasteiger partial charge in [0.25, 0.3) is 0 Å². The number of Topliss-reactive ketones (excluding diaryl/α,β-unsaturated/α-hetero) is 1. The lowest BCUT2D eigenvalue weighted by molar-refractivity contribution is -0.124. The van der Waals surface area contributed by atoms with Gasteiger partial charge in [-0.2, -0.15) is 0 Å². The molecule has 4 fully saturated rings. The summed E-state index contributed by atoms with van der Waals surface area (Å²) in [7, 11) is 1.64. The molecule has 1 amide bonds. The number of ether oxygens (including phenoxy) is 3. The van der Waals surface area contributed by atoms with E-state index in [4.69, 9.17) is 19.2 Å². The van der Waals surface area contributed by atoms with Crippen LogP contribution in [0.5, 0.6) is 23.1 Å². The summed E-state index contributed by atoms with van der Waals surface area (Å²) < 4.78 is 18.3. The second-order valence-electron chi connectivity index (χ2n) is 16.8. The van der Waals surface area contributed by atoms with Gasteiger partial charge in [0.1, 0.15) is 29.5 Å². The number of amides is 1. The Morgan fingerprint density at radius 1 is 0.945 bits per heavy atom. The molecule has 4 aromatic rings. The average molecular weight is 762 g/mol. The molecule has 9 rings (SSSR count). The molecule has 2 N–H and O–H groups in total. The zero-order valence-electron chi connectivity index (χ0n) is 31.7. The van der Waals surface area contributed by atoms with Crippen molar-refractivity contribution < 1.29 is 28.9 Å². The molecule has 4 bridgehead atoms. The first kappa shape index (κ1) is 36.8. The lowest BCUT2D eigenvalue weighted by Crippen LogP contribution is -2.48. The molecular formula is C44H47N3O7S. The van der Waals surface area contributed by atoms with Crippen molar-refractivity contribution in [3.8, 4) is 23.1 Å². The first-order valence-electron chi connectivity index (χ1n) is 19.1. The fourth-order valence-electron chi connectivity index (χ4n) is 9.50. The van der Waals surface area contributed by atoms with Crippen LogP contribution in [-0.2, 0) is 26.9 Å². The number of aromatic amines is 1. The molecule has 4 saturated carbocycles. The van der Waals surface area contributed by atoms with Gasteiger partial charge in [0.2, 0.25) is 11.7 Å². The van der Waals surface area contributed by atoms with E-state index in [-0.39, 0.29) is 28.6 Å². The minimum Gasteiger partial charge on any atom is -0.494 e. The first-order chi connectivity index (χ1) is 26.3. The number of rotatable bonds is 11. The molecule has 1 atom stereocenters. The van der Waals surface area contributed by atoms with E-state index in [0.717, 1.165) is 34.7 Å². The van der Waals surface area contributed by atoms with Gasteiger partial charge >= 0.3 is 11.0 Å². The number of hydrogen-bond donors (Lipinski definition) is 2. The van der Waals surface area contributed by atoms with Gasteiger partial charge in [-0.1, -0.05) is 35.6 Å². The monoisotopic (exact) mass is 761 g/mol. The lowest BCUT2D eigenvalue weighted by Gasteiger charge is -2.57. The van der Waals surface area contributed by atoms with E-state index in [1.807, 2.05) is 45.0 Å². The molecule has 1 aromatic heterocycles. The summed E-state index contributed by atoms with van der Waals surface area (Å²) in [4.78, 5) is 47.7. The SMILES string of the molecule is CN(C(=O)OC(C)(C)C)c1ccc(C2(C(=O)COc3ccc(Cc4sc(=O)[nH]c4O)cc3)C=CC=N2)c(Oc2ccc(C34CC5CC(CC(C5)C3)C4)cc2)c1. The Morgan fingerprint density at radius 2 is 1.60 bits per heavy atom. The lowest BCUT2D eigenvalue weighted by atomic mass is 9.48. The van der Waals surface area contributed by atoms with Crippen molar-refractivity contribution in [1.29, 1.82) is 0 Å². The topological polar surface area (TPSA) is 131 Å². The number of carbonyl (C=O) groups is 2. The Labute approximate surface area is 324 Å². The third-order valence-corrected chi connectivity index (χ3v) is 12.5. The van der Waals surface area contributed by atoms with E-state index in [0.29, 0.717) is 39.8 Å². The minimum absolute atomic E-state index is 0.126. The van der Waals surface area contributed by atoms with Crippen LogP contribution in [0.1, 0.15) is 80.9 Å². The molecule has 4 aliphatic carbocycles. The maximum absolute atomic E-state index is 14.2. The largest absolute Gasteiger partial charge is 0.494 e. The number of aromatic hydroxyl groups is 1. The van der Waals surface area contributed by atoms with Crippen LogP contribution in [0, 0.1) is 17.8 Å². The van der Waals surface area contributed by atoms with E-state index in [1.165, 1.54) is 49.0 Å². The van der Waals surface area contributed by atoms with Gasteiger partial charge < -0.3 is 19.3 Å². The summed E-state index contributed by atoms with van der Waals surface area (Å²) in [5.41, 5.74) is 1.44. The van der Waals surface area contributed by atoms with Crippen LogP contribution in [0.3, 0.4) is 0 Å². The summed E-state index contributed by atoms with van der Waals surface area (Å²) >= 11 is 0.964. The third-order valence-electron chi connectivity index (χ3n) is 11.6. The van der Waals surface area contributed by atoms with E-state index < -0.39 is 17.2 Å². The summed E-state index contributed by atoms with van der Waals surface area (Å²) in [6.45, 7) is 5.18. The molecule has 286 valence electrons. The van der Waals surface area contributed by atoms with Gasteiger partial charge in [-0.05, 0) is 142 Å². The highest BCUT2D eigenvalue weighted by Gasteiger charge is 2.51. The number of anilines is 1. The number of carbonyl (C=O) groups excluding carboxylic acids is 2. The molecule has 0 spiro atoms. The Morgan fingerprint density at radius 3 is 2.18 bits per heavy atom. The Hall–Kier alpha value is -5.16. The van der Waals surface area contributed by atoms with Crippen LogP contribution in [0.4, 0.5) is 10.5 Å². The highest BCUT2D eigenvalue weighted by Crippen LogP contribution is 2.60. The quantitative estimate of drug-likeness (QED) is 0.156. The maximum atomic E-state index is 14.2. The highest BCUT2D eigenvalue weighted by molar-refractivity contribution is 7.09. The second kappa shape index (κ2) is 14.2. The third kappa shape index (κ3) is 7.46. The number of aromatic nitrogens is 1. The predicted molar refractivity (Wildman–Crippen MR) is 213 cm³/mol. The van der Waals surface area contributed by atoms with Gasteiger partial charge in [-0.25, -0.2) is 4.79 Å². The van der Waals surface area contributed by atoms with Crippen LogP contribution < -0.4 is 19.2 Å². The van der Waals surface area contributed by atoms with E-state index in [2.05, 4.69) is 17.1 Å². The van der Waals surface area contributed by atoms with E-state index in [1.54, 1.807) is 55.7 Å². The number of benzene rings is 3. The first-order valence-corrected chi connectivity index (χ1v) is 19.9. The number of ketones is 1. The zero-order valence-corrected chi connectivity index (χ0v) is 32.5. The molecule has 0 saturated heterocycles. The van der Waals surface area contributed by atoms with Crippen molar-refractivity contribution in [3.05, 3.63) is 110 Å². The average Bonchev–Trinajstić information content (AvgIpc) is 3.76. The van der Waals surface area contributed by atoms with E-state index in [9.17, 15) is 19.5 Å². The number of nitrogens with one attached hydrogen (secondary N) is 1. The highest BCUT2D eigenvalue weighted by atomic mass is 32.1. The smallest absolute Gasteiger partial charge is 0.414 e. The molecule has 55 heavy (non-hydrogen) atoms. The van der Waals surface area contributed by atoms with Crippen LogP contribution in [0.15, 0.2) is 88.7 Å². The number of hydrogen-bond acceptors (Lipinski definition) is 9. The Balaban J connectivity index is 1.05. The van der Waals surface area contributed by atoms with Gasteiger partial charge in [0, 0.05) is 31.3 Å². The Kier molecular flexibility index (Phi) is 9.48. The summed E-state index contributed by atoms with van der Waals surface area (Å²) in [5.74, 6) is 3.57. The molecule has 0 radical (unpaired) electrons. The van der Waals surface area contributed by atoms with E-state index >= 15 is 0 Å². The normalized spacial score (nSPS) is 24.9. The van der Waals surface area contributed by atoms with Crippen molar-refractivity contribution in [1.82, 2.24) is 4.98 Å². The standard InChI is InChI=1S/C44H47N3O7S/c1-42(2,3)54-41(51)47(4)32-10-15-35(36(22-32)53-34-13-8-31(9-14-34)43-23-28-18-29(24-43)20-30(19-28)25-43)44(16-5-17-45-44)38(48)26-52-33-11-6-27(7-12-33)21-37-39(49)46-40(50)55-37/h5-17,22,28-30,49H,18-21,23-26H2,1-4H3,(H,46,50). The fourth-order valence-corrected chi connectivity index (χ4v) is 10.3. The number of nitrogens with zero attached hydrogens (tertiary/aromatic N) is 2. The molecular weight excluding hydrogens is 715 g/mol. The van der Waals surface area contributed by atoms with Crippen LogP contribution in [-0.4, -0.2) is 47.4 Å². The summed E-state index contributed by atoms with van der Waals surface area (Å²) in [5, 5.41) is 9.97. The van der Waals surface area contributed by atoms with Crippen molar-refractivity contribution in [2.75, 3.05) is 18.6 Å². The van der Waals surface area contributed by atoms with Gasteiger partial charge in [-0.15, -0.1) is 0 Å². The van der Waals surface area contributed by atoms with Gasteiger partial charge in [-0.3, -0.25) is 24.5 Å². The van der Waals surface area contributed by atoms with Crippen molar-refractivity contribution in [2.45, 2.75) is 82.3 Å². The summed E-state index contributed by atoms with van der Waals surface area (Å²) in [6.07, 6.45) is 12.9. The number of allylic oxidation sites excluding steroid dienone is 1. The predicted octanol–water partition coefficient (Wildman–Crippen LogP) is 8.85. The molecule has 5 aliphatic rings. The minimum atomic E-state index is -1.43. The molecule has 1 aliphatic heterocycles. The maximum Gasteiger partial charge on any atom is 0.414 e. The van der Waals surface area contributed by atoms with Gasteiger partial charge in [0.15, 0.2) is 5.54 Å². The fraction of sp³-hybridized carbons (Fsp3) is 0.409. The number of H-pyrrole nitrogens is 1. The second-order valence-corrected chi connectivity index (χ2v) is 17.8. The zero-order chi connectivity index (χ0) is 38.5. The molecule has 2 heterocycles. The summed E-state index contributed by atoms with van der Waals surface area (Å²) in [6, 6.07) is 20.9. The molecule has 10 nitrogen and oxygen atoms in total. The molecule has 3 aromatic carbocycles. The van der Waals surface area contributed by atoms with Crippen LogP contribution in [0.25, 0.3) is 0 Å². The van der Waals surface area contributed by atoms with Crippen molar-refractivity contribution in [3.63, 3.8) is 0 Å². The van der Waals surface area contributed by atoms with Crippen LogP contribution >= 0.6 is 11.3 Å². The molecule has 11 heteroatoms. The Bertz CT molecular complexity index is 2160. The molecule has 1 unspecified atom stereocenters. The van der Waals surface area contributed by atoms with Crippen molar-refractivity contribution in [2.24, 2.45) is 22.7 Å². The number of aliphatic imine (C=N–C) groups is 1. The number of thiazole rings is 1.